The van der Waals surface area contributed by atoms with E-state index in [4.69, 9.17) is 4.74 Å². The number of halogens is 2. The van der Waals surface area contributed by atoms with Crippen LogP contribution < -0.4 is 14.8 Å². The van der Waals surface area contributed by atoms with E-state index in [0.29, 0.717) is 12.5 Å². The number of rotatable bonds is 4. The van der Waals surface area contributed by atoms with Gasteiger partial charge >= 0.3 is 0 Å². The Morgan fingerprint density at radius 1 is 1.22 bits per heavy atom. The number of benzene rings is 2. The molecule has 1 aliphatic heterocycles. The van der Waals surface area contributed by atoms with Gasteiger partial charge in [-0.1, -0.05) is 6.92 Å². The SMILES string of the molecule is CCC1Oc2ccc(S(=O)(=O)NC(=O)c3ccc(F)cc3F)cc2NC1=O. The molecule has 27 heavy (non-hydrogen) atoms. The molecule has 1 unspecified atom stereocenters. The molecule has 0 saturated heterocycles. The van der Waals surface area contributed by atoms with Crippen molar-refractivity contribution in [3.63, 3.8) is 0 Å². The molecule has 2 aromatic carbocycles. The van der Waals surface area contributed by atoms with Crippen molar-refractivity contribution >= 4 is 27.5 Å². The molecule has 0 saturated carbocycles. The van der Waals surface area contributed by atoms with Crippen LogP contribution in [0, 0.1) is 11.6 Å². The number of carbonyl (C=O) groups is 2. The molecule has 2 N–H and O–H groups in total. The summed E-state index contributed by atoms with van der Waals surface area (Å²) >= 11 is 0. The lowest BCUT2D eigenvalue weighted by Crippen LogP contribution is -2.36. The van der Waals surface area contributed by atoms with Crippen LogP contribution in [0.4, 0.5) is 14.5 Å². The first-order chi connectivity index (χ1) is 12.7. The smallest absolute Gasteiger partial charge is 0.267 e. The van der Waals surface area contributed by atoms with Crippen LogP contribution in [-0.2, 0) is 14.8 Å². The lowest BCUT2D eigenvalue weighted by molar-refractivity contribution is -0.123. The third-order valence-corrected chi connectivity index (χ3v) is 5.18. The quantitative estimate of drug-likeness (QED) is 0.825. The van der Waals surface area contributed by atoms with E-state index in [1.807, 2.05) is 0 Å². The van der Waals surface area contributed by atoms with Gasteiger partial charge in [-0.15, -0.1) is 0 Å². The average molecular weight is 396 g/mol. The predicted octanol–water partition coefficient (Wildman–Crippen LogP) is 2.19. The van der Waals surface area contributed by atoms with Crippen molar-refractivity contribution < 1.29 is 31.5 Å². The molecule has 3 rings (SSSR count). The summed E-state index contributed by atoms with van der Waals surface area (Å²) in [6.45, 7) is 1.76. The van der Waals surface area contributed by atoms with Crippen LogP contribution in [0.15, 0.2) is 41.3 Å². The number of nitrogens with one attached hydrogen (secondary N) is 2. The Morgan fingerprint density at radius 2 is 1.96 bits per heavy atom. The minimum absolute atomic E-state index is 0.132. The highest BCUT2D eigenvalue weighted by Crippen LogP contribution is 2.32. The lowest BCUT2D eigenvalue weighted by Gasteiger charge is -2.25. The summed E-state index contributed by atoms with van der Waals surface area (Å²) in [5.74, 6) is -3.48. The van der Waals surface area contributed by atoms with Gasteiger partial charge in [0.2, 0.25) is 0 Å². The Hall–Kier alpha value is -3.01. The Balaban J connectivity index is 1.86. The first-order valence-electron chi connectivity index (χ1n) is 7.85. The highest BCUT2D eigenvalue weighted by Gasteiger charge is 2.28. The zero-order valence-electron chi connectivity index (χ0n) is 14.0. The molecular formula is C17H14F2N2O5S. The van der Waals surface area contributed by atoms with Gasteiger partial charge in [-0.3, -0.25) is 9.59 Å². The molecule has 0 aliphatic carbocycles. The molecule has 142 valence electrons. The summed E-state index contributed by atoms with van der Waals surface area (Å²) in [4.78, 5) is 23.6. The number of carbonyl (C=O) groups excluding carboxylic acids is 2. The summed E-state index contributed by atoms with van der Waals surface area (Å²) in [5, 5.41) is 2.53. The number of ether oxygens (including phenoxy) is 1. The second-order valence-electron chi connectivity index (χ2n) is 5.72. The zero-order chi connectivity index (χ0) is 19.8. The maximum Gasteiger partial charge on any atom is 0.267 e. The first-order valence-corrected chi connectivity index (χ1v) is 9.33. The van der Waals surface area contributed by atoms with Gasteiger partial charge < -0.3 is 10.1 Å². The van der Waals surface area contributed by atoms with Gasteiger partial charge in [0.15, 0.2) is 6.10 Å². The van der Waals surface area contributed by atoms with Gasteiger partial charge in [-0.25, -0.2) is 21.9 Å². The number of sulfonamides is 1. The van der Waals surface area contributed by atoms with Crippen LogP contribution >= 0.6 is 0 Å². The summed E-state index contributed by atoms with van der Waals surface area (Å²) in [6.07, 6.45) is -0.244. The lowest BCUT2D eigenvalue weighted by atomic mass is 10.2. The van der Waals surface area contributed by atoms with Crippen molar-refractivity contribution in [3.05, 3.63) is 53.6 Å². The van der Waals surface area contributed by atoms with E-state index in [-0.39, 0.29) is 16.3 Å². The zero-order valence-corrected chi connectivity index (χ0v) is 14.8. The van der Waals surface area contributed by atoms with E-state index in [1.54, 1.807) is 11.6 Å². The van der Waals surface area contributed by atoms with Crippen LogP contribution in [0.25, 0.3) is 0 Å². The van der Waals surface area contributed by atoms with E-state index in [9.17, 15) is 26.8 Å². The molecule has 1 heterocycles. The van der Waals surface area contributed by atoms with Crippen molar-refractivity contribution in [1.29, 1.82) is 0 Å². The molecule has 1 aliphatic rings. The minimum Gasteiger partial charge on any atom is -0.478 e. The minimum atomic E-state index is -4.37. The highest BCUT2D eigenvalue weighted by atomic mass is 32.2. The number of hydrogen-bond donors (Lipinski definition) is 2. The summed E-state index contributed by atoms with van der Waals surface area (Å²) in [5.41, 5.74) is -0.492. The second kappa shape index (κ2) is 6.95. The van der Waals surface area contributed by atoms with Crippen LogP contribution in [0.1, 0.15) is 23.7 Å². The molecule has 1 atom stereocenters. The fourth-order valence-electron chi connectivity index (χ4n) is 2.47. The maximum atomic E-state index is 13.7. The standard InChI is InChI=1S/C17H14F2N2O5S/c1-2-14-17(23)20-13-8-10(4-6-15(13)26-14)27(24,25)21-16(22)11-5-3-9(18)7-12(11)19/h3-8,14H,2H2,1H3,(H,20,23)(H,21,22). The first kappa shape index (κ1) is 18.8. The molecule has 0 bridgehead atoms. The Morgan fingerprint density at radius 3 is 2.63 bits per heavy atom. The van der Waals surface area contributed by atoms with Crippen molar-refractivity contribution in [1.82, 2.24) is 4.72 Å². The fourth-order valence-corrected chi connectivity index (χ4v) is 3.47. The Labute approximate surface area is 153 Å². The molecule has 0 spiro atoms. The molecule has 0 fully saturated rings. The highest BCUT2D eigenvalue weighted by molar-refractivity contribution is 7.90. The second-order valence-corrected chi connectivity index (χ2v) is 7.40. The average Bonchev–Trinajstić information content (AvgIpc) is 2.60. The molecule has 0 aromatic heterocycles. The van der Waals surface area contributed by atoms with Gasteiger partial charge in [0, 0.05) is 6.07 Å². The van der Waals surface area contributed by atoms with Crippen LogP contribution in [0.2, 0.25) is 0 Å². The summed E-state index contributed by atoms with van der Waals surface area (Å²) in [7, 11) is -4.37. The maximum absolute atomic E-state index is 13.7. The van der Waals surface area contributed by atoms with Crippen LogP contribution in [0.5, 0.6) is 5.75 Å². The number of fused-ring (bicyclic) bond motifs is 1. The molecular weight excluding hydrogens is 382 g/mol. The fraction of sp³-hybridized carbons (Fsp3) is 0.176. The number of anilines is 1. The number of hydrogen-bond acceptors (Lipinski definition) is 5. The van der Waals surface area contributed by atoms with E-state index in [1.165, 1.54) is 12.1 Å². The molecule has 10 heteroatoms. The van der Waals surface area contributed by atoms with E-state index in [0.717, 1.165) is 18.2 Å². The topological polar surface area (TPSA) is 102 Å². The van der Waals surface area contributed by atoms with Gasteiger partial charge in [0.1, 0.15) is 17.4 Å². The largest absolute Gasteiger partial charge is 0.478 e. The summed E-state index contributed by atoms with van der Waals surface area (Å²) in [6, 6.07) is 5.78. The van der Waals surface area contributed by atoms with E-state index >= 15 is 0 Å². The molecule has 2 amide bonds. The Bertz CT molecular complexity index is 1040. The Kier molecular flexibility index (Phi) is 4.83. The van der Waals surface area contributed by atoms with Gasteiger partial charge in [0.05, 0.1) is 16.1 Å². The summed E-state index contributed by atoms with van der Waals surface area (Å²) < 4.78 is 58.5. The van der Waals surface area contributed by atoms with Crippen molar-refractivity contribution in [2.45, 2.75) is 24.3 Å². The third kappa shape index (κ3) is 3.75. The van der Waals surface area contributed by atoms with Gasteiger partial charge in [-0.2, -0.15) is 0 Å². The van der Waals surface area contributed by atoms with Crippen molar-refractivity contribution in [2.75, 3.05) is 5.32 Å². The van der Waals surface area contributed by atoms with Gasteiger partial charge in [0.25, 0.3) is 21.8 Å². The third-order valence-electron chi connectivity index (χ3n) is 3.85. The van der Waals surface area contributed by atoms with Crippen LogP contribution in [0.3, 0.4) is 0 Å². The van der Waals surface area contributed by atoms with E-state index in [2.05, 4.69) is 5.32 Å². The van der Waals surface area contributed by atoms with E-state index < -0.39 is 45.1 Å². The van der Waals surface area contributed by atoms with Crippen molar-refractivity contribution in [3.8, 4) is 5.75 Å². The normalized spacial score (nSPS) is 16.1. The monoisotopic (exact) mass is 396 g/mol. The van der Waals surface area contributed by atoms with Crippen LogP contribution in [-0.4, -0.2) is 26.3 Å². The van der Waals surface area contributed by atoms with Crippen molar-refractivity contribution in [2.24, 2.45) is 0 Å². The predicted molar refractivity (Wildman–Crippen MR) is 90.8 cm³/mol. The number of amides is 2. The molecule has 0 radical (unpaired) electrons. The molecule has 7 nitrogen and oxygen atoms in total. The van der Waals surface area contributed by atoms with Gasteiger partial charge in [-0.05, 0) is 36.8 Å². The molecule has 2 aromatic rings.